The van der Waals surface area contributed by atoms with Crippen LogP contribution >= 0.6 is 0 Å². The van der Waals surface area contributed by atoms with E-state index < -0.39 is 11.6 Å². The molecule has 29 heavy (non-hydrogen) atoms. The summed E-state index contributed by atoms with van der Waals surface area (Å²) in [5.74, 6) is -0.311. The van der Waals surface area contributed by atoms with E-state index >= 15 is 0 Å². The molecule has 2 heterocycles. The maximum Gasteiger partial charge on any atom is 0.325 e. The molecule has 1 aromatic rings. The summed E-state index contributed by atoms with van der Waals surface area (Å²) in [5, 5.41) is 16.4. The largest absolute Gasteiger partial charge is 0.389 e. The number of urea groups is 1. The Hall–Kier alpha value is -2.42. The van der Waals surface area contributed by atoms with Crippen LogP contribution in [0.1, 0.15) is 63.8 Å². The van der Waals surface area contributed by atoms with Crippen molar-refractivity contribution >= 4 is 17.8 Å². The molecule has 3 atom stereocenters. The van der Waals surface area contributed by atoms with Gasteiger partial charge in [0.2, 0.25) is 5.91 Å². The Bertz CT molecular complexity index is 759. The number of carbonyl (C=O) groups excluding carboxylic acids is 3. The molecule has 3 N–H and O–H groups in total. The van der Waals surface area contributed by atoms with Crippen molar-refractivity contribution in [3.63, 3.8) is 0 Å². The lowest BCUT2D eigenvalue weighted by atomic mass is 9.88. The number of nitrogens with zero attached hydrogens (tertiary/aromatic N) is 3. The quantitative estimate of drug-likeness (QED) is 0.615. The van der Waals surface area contributed by atoms with Gasteiger partial charge in [-0.1, -0.05) is 12.8 Å². The average Bonchev–Trinajstić information content (AvgIpc) is 3.43. The first-order valence-electron chi connectivity index (χ1n) is 10.6. The fourth-order valence-electron chi connectivity index (χ4n) is 4.98. The van der Waals surface area contributed by atoms with Gasteiger partial charge in [-0.3, -0.25) is 14.5 Å². The summed E-state index contributed by atoms with van der Waals surface area (Å²) in [5.41, 5.74) is -0.701. The van der Waals surface area contributed by atoms with Crippen molar-refractivity contribution in [1.82, 2.24) is 25.1 Å². The highest BCUT2D eigenvalue weighted by atomic mass is 16.3. The van der Waals surface area contributed by atoms with Crippen molar-refractivity contribution in [2.45, 2.75) is 81.5 Å². The molecular formula is C20H29N5O4. The van der Waals surface area contributed by atoms with E-state index in [0.717, 1.165) is 32.1 Å². The van der Waals surface area contributed by atoms with E-state index in [1.54, 1.807) is 12.5 Å². The second-order valence-electron chi connectivity index (χ2n) is 8.45. The Balaban J connectivity index is 1.25. The van der Waals surface area contributed by atoms with Crippen molar-refractivity contribution in [2.24, 2.45) is 0 Å². The number of nitrogens with one attached hydrogen (secondary N) is 2. The van der Waals surface area contributed by atoms with E-state index in [9.17, 15) is 19.5 Å². The van der Waals surface area contributed by atoms with Gasteiger partial charge in [0.1, 0.15) is 5.54 Å². The molecule has 3 fully saturated rings. The third-order valence-corrected chi connectivity index (χ3v) is 6.56. The van der Waals surface area contributed by atoms with Gasteiger partial charge in [-0.2, -0.15) is 0 Å². The van der Waals surface area contributed by atoms with Gasteiger partial charge in [0.15, 0.2) is 0 Å². The van der Waals surface area contributed by atoms with Gasteiger partial charge < -0.3 is 20.3 Å². The lowest BCUT2D eigenvalue weighted by molar-refractivity contribution is -0.131. The standard InChI is InChI=1S/C20H29N5O4/c26-16(22-14-5-3-6-15(17(14)27)24-12-10-21-13-24)7-4-11-25-18(28)20(23-19(25)29)8-1-2-9-20/h10,12-15,17,27H,1-9,11H2,(H,22,26)(H,23,29)/t14-,15-,17-/m1/s1. The first-order valence-corrected chi connectivity index (χ1v) is 10.6. The molecule has 3 aliphatic rings. The highest BCUT2D eigenvalue weighted by molar-refractivity contribution is 6.07. The van der Waals surface area contributed by atoms with Crippen LogP contribution in [0.2, 0.25) is 0 Å². The number of imide groups is 1. The van der Waals surface area contributed by atoms with Crippen LogP contribution in [0.4, 0.5) is 4.79 Å². The van der Waals surface area contributed by atoms with Crippen LogP contribution in [0, 0.1) is 0 Å². The van der Waals surface area contributed by atoms with Crippen molar-refractivity contribution in [2.75, 3.05) is 6.54 Å². The topological polar surface area (TPSA) is 117 Å². The third-order valence-electron chi connectivity index (χ3n) is 6.56. The van der Waals surface area contributed by atoms with E-state index in [1.165, 1.54) is 4.90 Å². The average molecular weight is 403 g/mol. The third kappa shape index (κ3) is 3.88. The van der Waals surface area contributed by atoms with E-state index in [4.69, 9.17) is 0 Å². The fraction of sp³-hybridized carbons (Fsp3) is 0.700. The molecule has 0 unspecified atom stereocenters. The lowest BCUT2D eigenvalue weighted by Gasteiger charge is -2.35. The zero-order valence-corrected chi connectivity index (χ0v) is 16.5. The number of carbonyl (C=O) groups is 3. The molecule has 1 saturated heterocycles. The van der Waals surface area contributed by atoms with Crippen molar-refractivity contribution in [3.8, 4) is 0 Å². The molecule has 0 bridgehead atoms. The zero-order valence-electron chi connectivity index (χ0n) is 16.5. The van der Waals surface area contributed by atoms with Crippen LogP contribution in [-0.4, -0.2) is 61.6 Å². The Labute approximate surface area is 169 Å². The second-order valence-corrected chi connectivity index (χ2v) is 8.45. The Kier molecular flexibility index (Phi) is 5.58. The summed E-state index contributed by atoms with van der Waals surface area (Å²) < 4.78 is 1.89. The predicted molar refractivity (Wildman–Crippen MR) is 104 cm³/mol. The zero-order chi connectivity index (χ0) is 20.4. The number of hydrogen-bond acceptors (Lipinski definition) is 5. The Morgan fingerprint density at radius 3 is 2.79 bits per heavy atom. The molecule has 1 spiro atoms. The monoisotopic (exact) mass is 403 g/mol. The van der Waals surface area contributed by atoms with E-state index in [-0.39, 0.29) is 42.9 Å². The summed E-state index contributed by atoms with van der Waals surface area (Å²) in [7, 11) is 0. The highest BCUT2D eigenvalue weighted by Crippen LogP contribution is 2.35. The van der Waals surface area contributed by atoms with Gasteiger partial charge in [-0.25, -0.2) is 9.78 Å². The molecule has 9 heteroatoms. The maximum atomic E-state index is 12.6. The van der Waals surface area contributed by atoms with Crippen LogP contribution in [0.15, 0.2) is 18.7 Å². The number of imidazole rings is 1. The molecule has 2 aliphatic carbocycles. The van der Waals surface area contributed by atoms with Gasteiger partial charge in [-0.05, 0) is 38.5 Å². The number of rotatable bonds is 6. The summed E-state index contributed by atoms with van der Waals surface area (Å²) >= 11 is 0. The van der Waals surface area contributed by atoms with E-state index in [2.05, 4.69) is 15.6 Å². The molecule has 0 aromatic carbocycles. The number of amides is 4. The van der Waals surface area contributed by atoms with Gasteiger partial charge in [-0.15, -0.1) is 0 Å². The number of aliphatic hydroxyl groups excluding tert-OH is 1. The van der Waals surface area contributed by atoms with Gasteiger partial charge in [0.05, 0.1) is 24.5 Å². The van der Waals surface area contributed by atoms with Crippen molar-refractivity contribution in [1.29, 1.82) is 0 Å². The van der Waals surface area contributed by atoms with E-state index in [0.29, 0.717) is 19.3 Å². The van der Waals surface area contributed by atoms with Crippen LogP contribution in [-0.2, 0) is 9.59 Å². The molecule has 4 amide bonds. The predicted octanol–water partition coefficient (Wildman–Crippen LogP) is 1.10. The van der Waals surface area contributed by atoms with Crippen LogP contribution in [0.25, 0.3) is 0 Å². The van der Waals surface area contributed by atoms with Gasteiger partial charge in [0, 0.05) is 25.4 Å². The van der Waals surface area contributed by atoms with Crippen LogP contribution in [0.5, 0.6) is 0 Å². The first kappa shape index (κ1) is 19.9. The highest BCUT2D eigenvalue weighted by Gasteiger charge is 2.52. The van der Waals surface area contributed by atoms with Gasteiger partial charge >= 0.3 is 6.03 Å². The summed E-state index contributed by atoms with van der Waals surface area (Å²) in [6, 6.07) is -0.740. The van der Waals surface area contributed by atoms with Crippen LogP contribution < -0.4 is 10.6 Å². The molecule has 1 aromatic heterocycles. The summed E-state index contributed by atoms with van der Waals surface area (Å²) in [6.07, 6.45) is 10.9. The first-order chi connectivity index (χ1) is 14.0. The van der Waals surface area contributed by atoms with Gasteiger partial charge in [0.25, 0.3) is 5.91 Å². The molecule has 1 aliphatic heterocycles. The number of aromatic nitrogens is 2. The molecule has 158 valence electrons. The molecular weight excluding hydrogens is 374 g/mol. The van der Waals surface area contributed by atoms with Crippen molar-refractivity contribution in [3.05, 3.63) is 18.7 Å². The minimum atomic E-state index is -0.701. The molecule has 2 saturated carbocycles. The number of aliphatic hydroxyl groups is 1. The smallest absolute Gasteiger partial charge is 0.325 e. The second kappa shape index (κ2) is 8.14. The Morgan fingerprint density at radius 2 is 2.07 bits per heavy atom. The van der Waals surface area contributed by atoms with Crippen molar-refractivity contribution < 1.29 is 19.5 Å². The van der Waals surface area contributed by atoms with E-state index in [1.807, 2.05) is 10.8 Å². The van der Waals surface area contributed by atoms with Crippen LogP contribution in [0.3, 0.4) is 0 Å². The lowest BCUT2D eigenvalue weighted by Crippen LogP contribution is -2.49. The Morgan fingerprint density at radius 1 is 1.28 bits per heavy atom. The molecule has 4 rings (SSSR count). The fourth-order valence-corrected chi connectivity index (χ4v) is 4.98. The SMILES string of the molecule is O=C(CCCN1C(=O)NC2(CCCC2)C1=O)N[C@@H]1CCC[C@@H](n2ccnc2)[C@@H]1O. The minimum Gasteiger partial charge on any atom is -0.389 e. The maximum absolute atomic E-state index is 12.6. The normalized spacial score (nSPS) is 28.7. The summed E-state index contributed by atoms with van der Waals surface area (Å²) in [4.78, 5) is 42.5. The minimum absolute atomic E-state index is 0.0925. The summed E-state index contributed by atoms with van der Waals surface area (Å²) in [6.45, 7) is 0.241. The molecule has 9 nitrogen and oxygen atoms in total. The number of hydrogen-bond donors (Lipinski definition) is 3. The molecule has 0 radical (unpaired) electrons.